The number of halogens is 1. The number of pyridine rings is 1. The molecule has 0 N–H and O–H groups in total. The van der Waals surface area contributed by atoms with Crippen LogP contribution in [0.5, 0.6) is 5.75 Å². The molecule has 3 aromatic carbocycles. The highest BCUT2D eigenvalue weighted by atomic mass is 35.5. The Balaban J connectivity index is 0.00000272. The zero-order chi connectivity index (χ0) is 20.7. The molecule has 0 bridgehead atoms. The lowest BCUT2D eigenvalue weighted by Crippen LogP contribution is -3.00. The average molecular weight is 446 g/mol. The van der Waals surface area contributed by atoms with Gasteiger partial charge in [-0.1, -0.05) is 67.3 Å². The van der Waals surface area contributed by atoms with Gasteiger partial charge in [0.15, 0.2) is 0 Å². The summed E-state index contributed by atoms with van der Waals surface area (Å²) in [6.07, 6.45) is 4.41. The summed E-state index contributed by atoms with van der Waals surface area (Å²) in [5.41, 5.74) is 0.976. The van der Waals surface area contributed by atoms with Crippen molar-refractivity contribution < 1.29 is 17.1 Å². The highest BCUT2D eigenvalue weighted by Crippen LogP contribution is 2.58. The van der Waals surface area contributed by atoms with Gasteiger partial charge in [-0.05, 0) is 48.5 Å². The van der Waals surface area contributed by atoms with E-state index in [1.165, 1.54) is 15.9 Å². The van der Waals surface area contributed by atoms with Crippen molar-refractivity contribution in [1.29, 1.82) is 0 Å². The molecule has 0 spiro atoms. The van der Waals surface area contributed by atoms with Crippen LogP contribution in [-0.2, 0) is 6.16 Å². The Morgan fingerprint density at radius 2 is 1.19 bits per heavy atom. The van der Waals surface area contributed by atoms with Crippen LogP contribution in [0.1, 0.15) is 5.69 Å². The second-order valence-corrected chi connectivity index (χ2v) is 10.5. The van der Waals surface area contributed by atoms with Gasteiger partial charge in [0.25, 0.3) is 0 Å². The summed E-state index contributed by atoms with van der Waals surface area (Å²) < 4.78 is 5.98. The molecule has 0 aliphatic heterocycles. The maximum Gasteiger partial charge on any atom is 0.145 e. The average Bonchev–Trinajstić information content (AvgIpc) is 2.83. The van der Waals surface area contributed by atoms with E-state index in [0.29, 0.717) is 6.61 Å². The van der Waals surface area contributed by atoms with Crippen LogP contribution >= 0.6 is 7.26 Å². The van der Waals surface area contributed by atoms with Gasteiger partial charge in [-0.15, -0.1) is 0 Å². The van der Waals surface area contributed by atoms with E-state index in [1.807, 2.05) is 18.3 Å². The number of hydrogen-bond acceptors (Lipinski definition) is 2. The molecule has 1 heterocycles. The summed E-state index contributed by atoms with van der Waals surface area (Å²) >= 11 is 0. The molecule has 4 rings (SSSR count). The number of aromatic nitrogens is 1. The first-order valence-corrected chi connectivity index (χ1v) is 12.0. The molecule has 0 saturated heterocycles. The minimum atomic E-state index is -2.00. The molecule has 31 heavy (non-hydrogen) atoms. The van der Waals surface area contributed by atoms with Gasteiger partial charge in [0.1, 0.15) is 47.4 Å². The molecular formula is C27H25ClNOP. The van der Waals surface area contributed by atoms with Crippen LogP contribution in [0.25, 0.3) is 0 Å². The fourth-order valence-electron chi connectivity index (χ4n) is 3.82. The Morgan fingerprint density at radius 3 is 1.65 bits per heavy atom. The first-order chi connectivity index (χ1) is 14.8. The zero-order valence-electron chi connectivity index (χ0n) is 17.3. The zero-order valence-corrected chi connectivity index (χ0v) is 18.9. The minimum absolute atomic E-state index is 0. The van der Waals surface area contributed by atoms with Crippen LogP contribution in [0.2, 0.25) is 0 Å². The van der Waals surface area contributed by atoms with Crippen LogP contribution in [0.15, 0.2) is 122 Å². The van der Waals surface area contributed by atoms with Gasteiger partial charge in [-0.2, -0.15) is 0 Å². The Hall–Kier alpha value is -2.93. The molecule has 0 amide bonds. The fraction of sp³-hybridized carbons (Fsp3) is 0.0741. The van der Waals surface area contributed by atoms with E-state index in [-0.39, 0.29) is 12.4 Å². The van der Waals surface area contributed by atoms with Gasteiger partial charge in [-0.25, -0.2) is 0 Å². The van der Waals surface area contributed by atoms with Crippen molar-refractivity contribution in [3.8, 4) is 5.75 Å². The van der Waals surface area contributed by atoms with Gasteiger partial charge in [0.05, 0.1) is 0 Å². The standard InChI is InChI=1S/C27H25NOP.ClH/c1-2-21-29-27-19-12-20-28-26(27)22-30(23-13-6-3-7-14-23,24-15-8-4-9-16-24)25-17-10-5-11-18-25;/h2-20H,1,21-22H2;1H/q+1;/p-1. The number of hydrogen-bond donors (Lipinski definition) is 0. The summed E-state index contributed by atoms with van der Waals surface area (Å²) in [6.45, 7) is 4.25. The van der Waals surface area contributed by atoms with Crippen molar-refractivity contribution in [1.82, 2.24) is 4.98 Å². The van der Waals surface area contributed by atoms with Crippen LogP contribution in [-0.4, -0.2) is 11.6 Å². The first kappa shape index (κ1) is 22.7. The third-order valence-electron chi connectivity index (χ3n) is 5.18. The van der Waals surface area contributed by atoms with E-state index in [1.54, 1.807) is 6.08 Å². The van der Waals surface area contributed by atoms with Crippen molar-refractivity contribution in [2.45, 2.75) is 6.16 Å². The largest absolute Gasteiger partial charge is 1.00 e. The van der Waals surface area contributed by atoms with Gasteiger partial charge < -0.3 is 17.1 Å². The molecule has 1 aromatic heterocycles. The summed E-state index contributed by atoms with van der Waals surface area (Å²) in [5.74, 6) is 0.824. The Kier molecular flexibility index (Phi) is 8.00. The van der Waals surface area contributed by atoms with Crippen molar-refractivity contribution in [2.24, 2.45) is 0 Å². The predicted octanol–water partition coefficient (Wildman–Crippen LogP) is 2.14. The molecular weight excluding hydrogens is 421 g/mol. The third kappa shape index (κ3) is 4.88. The topological polar surface area (TPSA) is 22.1 Å². The molecule has 4 heteroatoms. The smallest absolute Gasteiger partial charge is 0.145 e. The SMILES string of the molecule is C=CCOc1cccnc1C[P+](c1ccccc1)(c1ccccc1)c1ccccc1.[Cl-]. The molecule has 4 aromatic rings. The van der Waals surface area contributed by atoms with Crippen molar-refractivity contribution >= 4 is 23.2 Å². The van der Waals surface area contributed by atoms with E-state index in [9.17, 15) is 0 Å². The monoisotopic (exact) mass is 445 g/mol. The predicted molar refractivity (Wildman–Crippen MR) is 129 cm³/mol. The molecule has 0 fully saturated rings. The molecule has 0 radical (unpaired) electrons. The maximum absolute atomic E-state index is 5.98. The molecule has 2 nitrogen and oxygen atoms in total. The summed E-state index contributed by atoms with van der Waals surface area (Å²) in [7, 11) is -2.00. The molecule has 0 unspecified atom stereocenters. The minimum Gasteiger partial charge on any atom is -1.00 e. The molecule has 0 saturated carbocycles. The summed E-state index contributed by atoms with van der Waals surface area (Å²) in [4.78, 5) is 4.76. The third-order valence-corrected chi connectivity index (χ3v) is 9.50. The molecule has 156 valence electrons. The first-order valence-electron chi connectivity index (χ1n) is 10.1. The lowest BCUT2D eigenvalue weighted by atomic mass is 10.3. The van der Waals surface area contributed by atoms with Crippen molar-refractivity contribution in [2.75, 3.05) is 6.61 Å². The highest BCUT2D eigenvalue weighted by Gasteiger charge is 2.46. The maximum atomic E-state index is 5.98. The normalized spacial score (nSPS) is 10.7. The number of nitrogens with zero attached hydrogens (tertiary/aromatic N) is 1. The van der Waals surface area contributed by atoms with E-state index in [0.717, 1.165) is 17.6 Å². The van der Waals surface area contributed by atoms with Crippen molar-refractivity contribution in [3.63, 3.8) is 0 Å². The van der Waals surface area contributed by atoms with Gasteiger partial charge in [0.2, 0.25) is 0 Å². The quantitative estimate of drug-likeness (QED) is 0.306. The van der Waals surface area contributed by atoms with Crippen LogP contribution < -0.4 is 33.1 Å². The Bertz CT molecular complexity index is 991. The number of benzene rings is 3. The summed E-state index contributed by atoms with van der Waals surface area (Å²) in [6, 6.07) is 36.4. The van der Waals surface area contributed by atoms with E-state index < -0.39 is 7.26 Å². The van der Waals surface area contributed by atoms with E-state index >= 15 is 0 Å². The fourth-order valence-corrected chi connectivity index (χ4v) is 7.99. The van der Waals surface area contributed by atoms with Gasteiger partial charge in [-0.3, -0.25) is 4.98 Å². The molecule has 0 atom stereocenters. The van der Waals surface area contributed by atoms with E-state index in [2.05, 4.69) is 97.6 Å². The lowest BCUT2D eigenvalue weighted by molar-refractivity contribution is -0.00000628. The van der Waals surface area contributed by atoms with Crippen LogP contribution in [0.4, 0.5) is 0 Å². The second-order valence-electron chi connectivity index (χ2n) is 7.02. The Morgan fingerprint density at radius 1 is 0.710 bits per heavy atom. The number of rotatable bonds is 8. The van der Waals surface area contributed by atoms with Crippen LogP contribution in [0, 0.1) is 0 Å². The van der Waals surface area contributed by atoms with Gasteiger partial charge >= 0.3 is 0 Å². The lowest BCUT2D eigenvalue weighted by Gasteiger charge is -2.28. The highest BCUT2D eigenvalue weighted by molar-refractivity contribution is 7.95. The number of ether oxygens (including phenoxy) is 1. The second kappa shape index (κ2) is 10.9. The molecule has 0 aliphatic carbocycles. The van der Waals surface area contributed by atoms with Crippen LogP contribution in [0.3, 0.4) is 0 Å². The summed E-state index contributed by atoms with van der Waals surface area (Å²) in [5, 5.41) is 4.01. The van der Waals surface area contributed by atoms with Crippen molar-refractivity contribution in [3.05, 3.63) is 128 Å². The molecule has 0 aliphatic rings. The van der Waals surface area contributed by atoms with Gasteiger partial charge in [0, 0.05) is 6.20 Å². The Labute approximate surface area is 191 Å². The van der Waals surface area contributed by atoms with E-state index in [4.69, 9.17) is 9.72 Å².